The number of carbonyl (C=O) groups is 1. The van der Waals surface area contributed by atoms with Crippen molar-refractivity contribution in [2.75, 3.05) is 12.0 Å². The molecule has 1 N–H and O–H groups in total. The summed E-state index contributed by atoms with van der Waals surface area (Å²) in [7, 11) is 0. The summed E-state index contributed by atoms with van der Waals surface area (Å²) in [5.74, 6) is 3.63. The molecule has 4 bridgehead atoms. The van der Waals surface area contributed by atoms with E-state index in [0.717, 1.165) is 35.7 Å². The van der Waals surface area contributed by atoms with Crippen LogP contribution in [0.5, 0.6) is 5.75 Å². The molecule has 4 aliphatic carbocycles. The number of benzene rings is 1. The van der Waals surface area contributed by atoms with Crippen molar-refractivity contribution in [3.63, 3.8) is 0 Å². The second-order valence-corrected chi connectivity index (χ2v) is 9.17. The third kappa shape index (κ3) is 2.66. The number of anilines is 1. The van der Waals surface area contributed by atoms with Crippen LogP contribution in [0.4, 0.5) is 5.69 Å². The van der Waals surface area contributed by atoms with Gasteiger partial charge in [0.25, 0.3) is 5.91 Å². The van der Waals surface area contributed by atoms with Gasteiger partial charge in [0, 0.05) is 28.9 Å². The number of nitrogens with one attached hydrogen (secondary N) is 1. The van der Waals surface area contributed by atoms with Crippen molar-refractivity contribution < 1.29 is 9.53 Å². The minimum atomic E-state index is -0.125. The summed E-state index contributed by atoms with van der Waals surface area (Å²) >= 11 is 0. The summed E-state index contributed by atoms with van der Waals surface area (Å²) in [5.41, 5.74) is 2.89. The van der Waals surface area contributed by atoms with Gasteiger partial charge in [0.1, 0.15) is 12.5 Å². The summed E-state index contributed by atoms with van der Waals surface area (Å²) in [6.45, 7) is 7.07. The van der Waals surface area contributed by atoms with Gasteiger partial charge in [-0.25, -0.2) is 0 Å². The summed E-state index contributed by atoms with van der Waals surface area (Å²) < 4.78 is 6.13. The van der Waals surface area contributed by atoms with E-state index in [1.54, 1.807) is 6.92 Å². The molecule has 4 heteroatoms. The van der Waals surface area contributed by atoms with Gasteiger partial charge in [0.15, 0.2) is 0 Å². The number of hydrogen-bond acceptors (Lipinski definition) is 3. The van der Waals surface area contributed by atoms with Gasteiger partial charge in [-0.3, -0.25) is 9.69 Å². The number of carbonyl (C=O) groups excluding carboxylic acids is 1. The Hall–Kier alpha value is -1.81. The molecule has 0 aromatic heterocycles. The Morgan fingerprint density at radius 1 is 1.19 bits per heavy atom. The fraction of sp³-hybridized carbons (Fsp3) is 0.591. The highest BCUT2D eigenvalue weighted by atomic mass is 16.5. The van der Waals surface area contributed by atoms with Gasteiger partial charge in [-0.15, -0.1) is 0 Å². The summed E-state index contributed by atoms with van der Waals surface area (Å²) in [6, 6.07) is 5.98. The van der Waals surface area contributed by atoms with Crippen molar-refractivity contribution in [1.82, 2.24) is 4.90 Å². The summed E-state index contributed by atoms with van der Waals surface area (Å²) in [6.07, 6.45) is 8.43. The van der Waals surface area contributed by atoms with E-state index in [1.807, 2.05) is 12.1 Å². The van der Waals surface area contributed by atoms with E-state index in [0.29, 0.717) is 17.8 Å². The summed E-state index contributed by atoms with van der Waals surface area (Å²) in [5, 5.41) is 2.93. The lowest BCUT2D eigenvalue weighted by molar-refractivity contribution is -0.119. The Morgan fingerprint density at radius 3 is 2.46 bits per heavy atom. The molecule has 1 heterocycles. The maximum absolute atomic E-state index is 11.9. The molecule has 26 heavy (non-hydrogen) atoms. The van der Waals surface area contributed by atoms with Gasteiger partial charge in [0.05, 0.1) is 0 Å². The molecule has 5 aliphatic rings. The second kappa shape index (κ2) is 5.85. The van der Waals surface area contributed by atoms with Crippen molar-refractivity contribution in [2.45, 2.75) is 57.5 Å². The molecule has 6 rings (SSSR count). The monoisotopic (exact) mass is 352 g/mol. The topological polar surface area (TPSA) is 41.6 Å². The van der Waals surface area contributed by atoms with Crippen LogP contribution < -0.4 is 10.1 Å². The standard InChI is InChI=1S/C22H28N2O2/c1-14(2)21(25)23-19-3-4-20-18(8-19)12-24(13-26-20)22-9-15-5-16(10-22)7-17(6-15)11-22/h3-4,8,15-17H,1,5-7,9-13H2,2H3,(H,23,25). The second-order valence-electron chi connectivity index (χ2n) is 9.17. The third-order valence-corrected chi connectivity index (χ3v) is 7.12. The van der Waals surface area contributed by atoms with E-state index >= 15 is 0 Å². The predicted molar refractivity (Wildman–Crippen MR) is 102 cm³/mol. The number of amides is 1. The summed E-state index contributed by atoms with van der Waals surface area (Å²) in [4.78, 5) is 14.5. The van der Waals surface area contributed by atoms with Gasteiger partial charge < -0.3 is 10.1 Å². The average Bonchev–Trinajstić information content (AvgIpc) is 2.60. The number of hydrogen-bond donors (Lipinski definition) is 1. The van der Waals surface area contributed by atoms with E-state index in [1.165, 1.54) is 44.1 Å². The van der Waals surface area contributed by atoms with Crippen LogP contribution in [0.15, 0.2) is 30.4 Å². The first-order valence-electron chi connectivity index (χ1n) is 9.98. The molecule has 4 fully saturated rings. The zero-order valence-corrected chi connectivity index (χ0v) is 15.6. The number of fused-ring (bicyclic) bond motifs is 1. The quantitative estimate of drug-likeness (QED) is 0.824. The van der Waals surface area contributed by atoms with E-state index in [4.69, 9.17) is 4.74 Å². The third-order valence-electron chi connectivity index (χ3n) is 7.12. The molecule has 138 valence electrons. The molecule has 1 amide bonds. The Balaban J connectivity index is 1.38. The van der Waals surface area contributed by atoms with E-state index in [2.05, 4.69) is 22.9 Å². The lowest BCUT2D eigenvalue weighted by atomic mass is 9.52. The zero-order chi connectivity index (χ0) is 17.9. The van der Waals surface area contributed by atoms with Gasteiger partial charge in [0.2, 0.25) is 0 Å². The number of nitrogens with zero attached hydrogens (tertiary/aromatic N) is 1. The van der Waals surface area contributed by atoms with Crippen molar-refractivity contribution in [3.05, 3.63) is 35.9 Å². The average molecular weight is 352 g/mol. The lowest BCUT2D eigenvalue weighted by Gasteiger charge is -2.61. The molecule has 1 aromatic rings. The molecule has 1 aromatic carbocycles. The van der Waals surface area contributed by atoms with Gasteiger partial charge in [-0.2, -0.15) is 0 Å². The zero-order valence-electron chi connectivity index (χ0n) is 15.6. The molecule has 4 nitrogen and oxygen atoms in total. The van der Waals surface area contributed by atoms with Crippen molar-refractivity contribution in [3.8, 4) is 5.75 Å². The van der Waals surface area contributed by atoms with Crippen LogP contribution in [-0.2, 0) is 11.3 Å². The molecule has 0 unspecified atom stereocenters. The van der Waals surface area contributed by atoms with Crippen molar-refractivity contribution in [1.29, 1.82) is 0 Å². The minimum absolute atomic E-state index is 0.125. The van der Waals surface area contributed by atoms with Crippen LogP contribution >= 0.6 is 0 Å². The molecule has 0 radical (unpaired) electrons. The first kappa shape index (κ1) is 16.4. The smallest absolute Gasteiger partial charge is 0.250 e. The van der Waals surface area contributed by atoms with Gasteiger partial charge in [-0.1, -0.05) is 6.58 Å². The molecule has 0 spiro atoms. The first-order chi connectivity index (χ1) is 12.5. The van der Waals surface area contributed by atoms with E-state index in [9.17, 15) is 4.79 Å². The van der Waals surface area contributed by atoms with Crippen LogP contribution in [0.2, 0.25) is 0 Å². The highest BCUT2D eigenvalue weighted by Crippen LogP contribution is 2.58. The largest absolute Gasteiger partial charge is 0.478 e. The fourth-order valence-electron chi connectivity index (χ4n) is 6.31. The van der Waals surface area contributed by atoms with Crippen LogP contribution in [0.1, 0.15) is 51.0 Å². The van der Waals surface area contributed by atoms with Crippen LogP contribution in [0.3, 0.4) is 0 Å². The fourth-order valence-corrected chi connectivity index (χ4v) is 6.31. The molecule has 0 atom stereocenters. The Labute approximate surface area is 155 Å². The van der Waals surface area contributed by atoms with Gasteiger partial charge >= 0.3 is 0 Å². The SMILES string of the molecule is C=C(C)C(=O)Nc1ccc2c(c1)CN(C13CC4CC(CC(C4)C1)C3)CO2. The minimum Gasteiger partial charge on any atom is -0.478 e. The predicted octanol–water partition coefficient (Wildman–Crippen LogP) is 4.32. The van der Waals surface area contributed by atoms with Gasteiger partial charge in [-0.05, 0) is 81.4 Å². The Kier molecular flexibility index (Phi) is 3.68. The maximum Gasteiger partial charge on any atom is 0.250 e. The van der Waals surface area contributed by atoms with Crippen molar-refractivity contribution in [2.24, 2.45) is 17.8 Å². The highest BCUT2D eigenvalue weighted by molar-refractivity contribution is 6.02. The van der Waals surface area contributed by atoms with Crippen LogP contribution in [0.25, 0.3) is 0 Å². The van der Waals surface area contributed by atoms with Crippen LogP contribution in [-0.4, -0.2) is 23.1 Å². The number of rotatable bonds is 3. The molecular weight excluding hydrogens is 324 g/mol. The Morgan fingerprint density at radius 2 is 1.85 bits per heavy atom. The highest BCUT2D eigenvalue weighted by Gasteiger charge is 2.54. The maximum atomic E-state index is 11.9. The molecular formula is C22H28N2O2. The number of ether oxygens (including phenoxy) is 1. The first-order valence-corrected chi connectivity index (χ1v) is 9.98. The molecule has 1 aliphatic heterocycles. The molecule has 4 saturated carbocycles. The van der Waals surface area contributed by atoms with Crippen LogP contribution in [0, 0.1) is 17.8 Å². The lowest BCUT2D eigenvalue weighted by Crippen LogP contribution is -2.61. The normalized spacial score (nSPS) is 34.9. The van der Waals surface area contributed by atoms with Crippen molar-refractivity contribution >= 4 is 11.6 Å². The Bertz CT molecular complexity index is 734. The van der Waals surface area contributed by atoms with E-state index < -0.39 is 0 Å². The van der Waals surface area contributed by atoms with E-state index in [-0.39, 0.29) is 5.91 Å². The molecule has 0 saturated heterocycles.